The van der Waals surface area contributed by atoms with Gasteiger partial charge in [0.2, 0.25) is 10.0 Å². The summed E-state index contributed by atoms with van der Waals surface area (Å²) in [7, 11) is -3.37. The van der Waals surface area contributed by atoms with E-state index < -0.39 is 10.0 Å². The molecule has 0 spiro atoms. The summed E-state index contributed by atoms with van der Waals surface area (Å²) in [5.74, 6) is 0.0254. The van der Waals surface area contributed by atoms with Gasteiger partial charge in [-0.05, 0) is 24.6 Å². The van der Waals surface area contributed by atoms with Crippen LogP contribution in [0.15, 0.2) is 30.6 Å². The predicted molar refractivity (Wildman–Crippen MR) is 73.4 cm³/mol. The zero-order valence-corrected chi connectivity index (χ0v) is 11.6. The van der Waals surface area contributed by atoms with Gasteiger partial charge < -0.3 is 0 Å². The zero-order valence-electron chi connectivity index (χ0n) is 10.8. The molecule has 1 aromatic heterocycles. The molecule has 1 N–H and O–H groups in total. The third kappa shape index (κ3) is 3.55. The van der Waals surface area contributed by atoms with Gasteiger partial charge in [-0.1, -0.05) is 12.1 Å². The van der Waals surface area contributed by atoms with E-state index in [-0.39, 0.29) is 11.7 Å². The summed E-state index contributed by atoms with van der Waals surface area (Å²) in [6, 6.07) is 9.10. The van der Waals surface area contributed by atoms with Gasteiger partial charge in [0.15, 0.2) is 0 Å². The fourth-order valence-electron chi connectivity index (χ4n) is 1.50. The molecule has 20 heavy (non-hydrogen) atoms. The third-order valence-electron chi connectivity index (χ3n) is 2.59. The number of rotatable bonds is 5. The van der Waals surface area contributed by atoms with Crippen molar-refractivity contribution in [1.82, 2.24) is 14.8 Å². The van der Waals surface area contributed by atoms with Crippen LogP contribution in [-0.2, 0) is 16.6 Å². The molecule has 0 atom stereocenters. The number of hydrogen-bond acceptors (Lipinski definition) is 5. The maximum atomic E-state index is 11.4. The molecule has 0 bridgehead atoms. The second-order valence-corrected chi connectivity index (χ2v) is 6.09. The van der Waals surface area contributed by atoms with Gasteiger partial charge in [-0.25, -0.2) is 17.8 Å². The first-order chi connectivity index (χ1) is 9.52. The van der Waals surface area contributed by atoms with Crippen molar-refractivity contribution in [1.29, 1.82) is 5.26 Å². The lowest BCUT2D eigenvalue weighted by Gasteiger charge is -2.02. The van der Waals surface area contributed by atoms with Crippen molar-refractivity contribution >= 4 is 16.0 Å². The molecule has 0 aliphatic heterocycles. The number of benzene rings is 1. The largest absolute Gasteiger partial charge is 0.255 e. The van der Waals surface area contributed by atoms with Crippen molar-refractivity contribution in [2.45, 2.75) is 13.5 Å². The molecule has 1 heterocycles. The highest BCUT2D eigenvalue weighted by Crippen LogP contribution is 2.07. The van der Waals surface area contributed by atoms with E-state index in [1.165, 1.54) is 17.9 Å². The number of hydrogen-bond donors (Lipinski definition) is 1. The van der Waals surface area contributed by atoms with Crippen molar-refractivity contribution in [2.24, 2.45) is 0 Å². The summed E-state index contributed by atoms with van der Waals surface area (Å²) in [6.07, 6.45) is 1.45. The summed E-state index contributed by atoms with van der Waals surface area (Å²) in [4.78, 5) is 3.89. The Bertz CT molecular complexity index is 728. The Kier molecular flexibility index (Phi) is 4.00. The van der Waals surface area contributed by atoms with Crippen LogP contribution in [0.25, 0.3) is 0 Å². The molecular weight excluding hydrogens is 278 g/mol. The molecule has 0 aliphatic carbocycles. The van der Waals surface area contributed by atoms with Crippen molar-refractivity contribution in [3.63, 3.8) is 0 Å². The Morgan fingerprint density at radius 2 is 2.05 bits per heavy atom. The molecule has 0 saturated heterocycles. The molecule has 104 valence electrons. The monoisotopic (exact) mass is 291 g/mol. The quantitative estimate of drug-likeness (QED) is 0.884. The van der Waals surface area contributed by atoms with Crippen molar-refractivity contribution in [3.05, 3.63) is 41.7 Å². The first kappa shape index (κ1) is 14.0. The van der Waals surface area contributed by atoms with E-state index in [9.17, 15) is 8.42 Å². The van der Waals surface area contributed by atoms with Crippen LogP contribution < -0.4 is 4.72 Å². The average Bonchev–Trinajstić information content (AvgIpc) is 2.86. The van der Waals surface area contributed by atoms with E-state index in [1.807, 2.05) is 18.2 Å². The smallest absolute Gasteiger partial charge is 0.250 e. The lowest BCUT2D eigenvalue weighted by atomic mass is 10.1. The van der Waals surface area contributed by atoms with Gasteiger partial charge >= 0.3 is 0 Å². The minimum atomic E-state index is -3.37. The van der Waals surface area contributed by atoms with Crippen LogP contribution in [0.2, 0.25) is 0 Å². The van der Waals surface area contributed by atoms with E-state index in [2.05, 4.69) is 14.8 Å². The fourth-order valence-corrected chi connectivity index (χ4v) is 2.02. The minimum Gasteiger partial charge on any atom is -0.250 e. The van der Waals surface area contributed by atoms with Crippen LogP contribution in [0.1, 0.15) is 18.1 Å². The Morgan fingerprint density at radius 3 is 2.65 bits per heavy atom. The van der Waals surface area contributed by atoms with Crippen LogP contribution >= 0.6 is 0 Å². The Balaban J connectivity index is 2.07. The molecule has 0 aliphatic rings. The Labute approximate surface area is 116 Å². The van der Waals surface area contributed by atoms with E-state index in [1.54, 1.807) is 12.1 Å². The molecule has 0 unspecified atom stereocenters. The molecule has 1 aromatic carbocycles. The number of nitrogens with one attached hydrogen (secondary N) is 1. The van der Waals surface area contributed by atoms with E-state index >= 15 is 0 Å². The highest BCUT2D eigenvalue weighted by molar-refractivity contribution is 7.92. The standard InChI is InChI=1S/C12H13N5O2S/c1-2-20(18,19)16-12-14-9-17(15-12)8-11-5-3-10(7-13)4-6-11/h3-6,9H,2,8H2,1H3,(H,15,16). The maximum Gasteiger partial charge on any atom is 0.255 e. The highest BCUT2D eigenvalue weighted by atomic mass is 32.2. The summed E-state index contributed by atoms with van der Waals surface area (Å²) in [6.45, 7) is 1.99. The first-order valence-electron chi connectivity index (χ1n) is 5.91. The lowest BCUT2D eigenvalue weighted by Crippen LogP contribution is -2.15. The van der Waals surface area contributed by atoms with Gasteiger partial charge in [0.1, 0.15) is 6.33 Å². The van der Waals surface area contributed by atoms with Gasteiger partial charge in [-0.3, -0.25) is 0 Å². The van der Waals surface area contributed by atoms with Crippen LogP contribution in [0, 0.1) is 11.3 Å². The lowest BCUT2D eigenvalue weighted by molar-refractivity contribution is 0.601. The molecule has 2 rings (SSSR count). The number of nitriles is 1. The number of nitrogens with zero attached hydrogens (tertiary/aromatic N) is 4. The van der Waals surface area contributed by atoms with E-state index in [0.29, 0.717) is 12.1 Å². The summed E-state index contributed by atoms with van der Waals surface area (Å²) in [5, 5.41) is 12.7. The normalized spacial score (nSPS) is 11.0. The average molecular weight is 291 g/mol. The predicted octanol–water partition coefficient (Wildman–Crippen LogP) is 0.960. The first-order valence-corrected chi connectivity index (χ1v) is 7.56. The highest BCUT2D eigenvalue weighted by Gasteiger charge is 2.10. The van der Waals surface area contributed by atoms with Gasteiger partial charge in [0.05, 0.1) is 23.9 Å². The van der Waals surface area contributed by atoms with Gasteiger partial charge in [0.25, 0.3) is 5.95 Å². The Hall–Kier alpha value is -2.40. The topological polar surface area (TPSA) is 101 Å². The van der Waals surface area contributed by atoms with Crippen molar-refractivity contribution in [3.8, 4) is 6.07 Å². The van der Waals surface area contributed by atoms with Gasteiger partial charge in [-0.15, -0.1) is 5.10 Å². The zero-order chi connectivity index (χ0) is 14.6. The molecule has 0 amide bonds. The fraction of sp³-hybridized carbons (Fsp3) is 0.250. The SMILES string of the molecule is CCS(=O)(=O)Nc1ncn(Cc2ccc(C#N)cc2)n1. The third-order valence-corrected chi connectivity index (χ3v) is 3.84. The van der Waals surface area contributed by atoms with Crippen molar-refractivity contribution in [2.75, 3.05) is 10.5 Å². The molecule has 7 nitrogen and oxygen atoms in total. The number of aromatic nitrogens is 3. The second kappa shape index (κ2) is 5.71. The van der Waals surface area contributed by atoms with E-state index in [0.717, 1.165) is 5.56 Å². The molecule has 0 saturated carbocycles. The van der Waals surface area contributed by atoms with E-state index in [4.69, 9.17) is 5.26 Å². The number of anilines is 1. The van der Waals surface area contributed by atoms with Crippen LogP contribution in [0.4, 0.5) is 5.95 Å². The molecule has 0 fully saturated rings. The molecular formula is C12H13N5O2S. The van der Waals surface area contributed by atoms with Crippen LogP contribution in [0.5, 0.6) is 0 Å². The summed E-state index contributed by atoms with van der Waals surface area (Å²) >= 11 is 0. The molecule has 8 heteroatoms. The Morgan fingerprint density at radius 1 is 1.35 bits per heavy atom. The van der Waals surface area contributed by atoms with Crippen molar-refractivity contribution < 1.29 is 8.42 Å². The minimum absolute atomic E-state index is 0.0306. The summed E-state index contributed by atoms with van der Waals surface area (Å²) in [5.41, 5.74) is 1.53. The van der Waals surface area contributed by atoms with Gasteiger partial charge in [-0.2, -0.15) is 10.2 Å². The molecule has 2 aromatic rings. The number of sulfonamides is 1. The van der Waals surface area contributed by atoms with Crippen LogP contribution in [-0.4, -0.2) is 28.9 Å². The van der Waals surface area contributed by atoms with Crippen LogP contribution in [0.3, 0.4) is 0 Å². The summed E-state index contributed by atoms with van der Waals surface area (Å²) < 4.78 is 26.6. The van der Waals surface area contributed by atoms with Gasteiger partial charge in [0, 0.05) is 0 Å². The second-order valence-electron chi connectivity index (χ2n) is 4.08. The maximum absolute atomic E-state index is 11.4. The molecule has 0 radical (unpaired) electrons.